The lowest BCUT2D eigenvalue weighted by atomic mass is 10.2. The summed E-state index contributed by atoms with van der Waals surface area (Å²) in [6, 6.07) is 18.4. The molecule has 6 heteroatoms. The Kier molecular flexibility index (Phi) is 4.10. The molecule has 0 atom stereocenters. The summed E-state index contributed by atoms with van der Waals surface area (Å²) >= 11 is 1.58. The van der Waals surface area contributed by atoms with Gasteiger partial charge in [0.15, 0.2) is 0 Å². The SMILES string of the molecule is O=C(c1cccnc1Oc1ccccc1)n1ccc(-c2cccs2)n1. The van der Waals surface area contributed by atoms with E-state index in [1.54, 1.807) is 35.9 Å². The third kappa shape index (κ3) is 3.20. The fourth-order valence-corrected chi connectivity index (χ4v) is 3.04. The third-order valence-electron chi connectivity index (χ3n) is 3.53. The first-order chi connectivity index (χ1) is 12.3. The highest BCUT2D eigenvalue weighted by Crippen LogP contribution is 2.25. The molecule has 122 valence electrons. The Hall–Kier alpha value is -3.25. The number of rotatable bonds is 4. The average molecular weight is 347 g/mol. The molecule has 3 heterocycles. The minimum absolute atomic E-state index is 0.256. The number of hydrogen-bond acceptors (Lipinski definition) is 5. The second-order valence-corrected chi connectivity index (χ2v) is 6.15. The molecule has 5 nitrogen and oxygen atoms in total. The second-order valence-electron chi connectivity index (χ2n) is 5.20. The van der Waals surface area contributed by atoms with Gasteiger partial charge in [-0.2, -0.15) is 5.10 Å². The molecule has 0 unspecified atom stereocenters. The van der Waals surface area contributed by atoms with Gasteiger partial charge in [-0.1, -0.05) is 24.3 Å². The van der Waals surface area contributed by atoms with Gasteiger partial charge < -0.3 is 4.74 Å². The summed E-state index contributed by atoms with van der Waals surface area (Å²) in [7, 11) is 0. The van der Waals surface area contributed by atoms with Crippen LogP contribution in [0.15, 0.2) is 78.4 Å². The van der Waals surface area contributed by atoms with Crippen molar-refractivity contribution in [3.63, 3.8) is 0 Å². The highest BCUT2D eigenvalue weighted by molar-refractivity contribution is 7.13. The van der Waals surface area contributed by atoms with Crippen LogP contribution in [0.25, 0.3) is 10.6 Å². The van der Waals surface area contributed by atoms with Crippen LogP contribution in [-0.4, -0.2) is 20.7 Å². The normalized spacial score (nSPS) is 10.6. The molecule has 0 aliphatic carbocycles. The lowest BCUT2D eigenvalue weighted by Gasteiger charge is -2.08. The van der Waals surface area contributed by atoms with Crippen molar-refractivity contribution in [2.24, 2.45) is 0 Å². The Bertz CT molecular complexity index is 994. The van der Waals surface area contributed by atoms with Crippen molar-refractivity contribution in [1.29, 1.82) is 0 Å². The molecular formula is C19H13N3O2S. The third-order valence-corrected chi connectivity index (χ3v) is 4.42. The molecule has 0 saturated carbocycles. The van der Waals surface area contributed by atoms with Crippen LogP contribution in [0.2, 0.25) is 0 Å². The largest absolute Gasteiger partial charge is 0.438 e. The number of benzene rings is 1. The van der Waals surface area contributed by atoms with E-state index in [1.807, 2.05) is 53.9 Å². The van der Waals surface area contributed by atoms with Gasteiger partial charge in [-0.25, -0.2) is 9.67 Å². The molecule has 25 heavy (non-hydrogen) atoms. The number of carbonyl (C=O) groups is 1. The zero-order chi connectivity index (χ0) is 17.1. The zero-order valence-corrected chi connectivity index (χ0v) is 13.9. The molecule has 0 N–H and O–H groups in total. The molecule has 0 amide bonds. The van der Waals surface area contributed by atoms with Crippen LogP contribution in [0.4, 0.5) is 0 Å². The van der Waals surface area contributed by atoms with Crippen LogP contribution in [0.3, 0.4) is 0 Å². The first-order valence-corrected chi connectivity index (χ1v) is 8.51. The lowest BCUT2D eigenvalue weighted by molar-refractivity contribution is 0.0942. The summed E-state index contributed by atoms with van der Waals surface area (Å²) in [5.41, 5.74) is 1.12. The molecule has 0 spiro atoms. The van der Waals surface area contributed by atoms with E-state index in [0.29, 0.717) is 11.3 Å². The fourth-order valence-electron chi connectivity index (χ4n) is 2.35. The van der Waals surface area contributed by atoms with Crippen molar-refractivity contribution in [3.05, 3.63) is 84.0 Å². The predicted octanol–water partition coefficient (Wildman–Crippen LogP) is 4.49. The van der Waals surface area contributed by atoms with Gasteiger partial charge in [-0.15, -0.1) is 11.3 Å². The van der Waals surface area contributed by atoms with Crippen LogP contribution in [0.1, 0.15) is 10.4 Å². The van der Waals surface area contributed by atoms with Crippen LogP contribution >= 0.6 is 11.3 Å². The summed E-state index contributed by atoms with van der Waals surface area (Å²) in [6.45, 7) is 0. The number of thiophene rings is 1. The quantitative estimate of drug-likeness (QED) is 0.546. The molecule has 0 aliphatic heterocycles. The molecule has 0 aliphatic rings. The van der Waals surface area contributed by atoms with Gasteiger partial charge in [0.05, 0.1) is 4.88 Å². The summed E-state index contributed by atoms with van der Waals surface area (Å²) in [5, 5.41) is 6.35. The van der Waals surface area contributed by atoms with E-state index >= 15 is 0 Å². The van der Waals surface area contributed by atoms with Gasteiger partial charge in [-0.05, 0) is 41.8 Å². The van der Waals surface area contributed by atoms with Crippen molar-refractivity contribution >= 4 is 17.2 Å². The number of aromatic nitrogens is 3. The Labute approximate surface area is 148 Å². The Morgan fingerprint density at radius 2 is 1.88 bits per heavy atom. The number of hydrogen-bond donors (Lipinski definition) is 0. The lowest BCUT2D eigenvalue weighted by Crippen LogP contribution is -2.14. The van der Waals surface area contributed by atoms with E-state index in [-0.39, 0.29) is 11.8 Å². The highest BCUT2D eigenvalue weighted by Gasteiger charge is 2.17. The van der Waals surface area contributed by atoms with Crippen molar-refractivity contribution in [2.75, 3.05) is 0 Å². The van der Waals surface area contributed by atoms with Crippen LogP contribution in [0, 0.1) is 0 Å². The van der Waals surface area contributed by atoms with Gasteiger partial charge in [0.25, 0.3) is 5.91 Å². The number of nitrogens with zero attached hydrogens (tertiary/aromatic N) is 3. The van der Waals surface area contributed by atoms with Gasteiger partial charge in [0.2, 0.25) is 5.88 Å². The number of pyridine rings is 1. The minimum Gasteiger partial charge on any atom is -0.438 e. The topological polar surface area (TPSA) is 57.0 Å². The molecule has 0 fully saturated rings. The fraction of sp³-hybridized carbons (Fsp3) is 0. The van der Waals surface area contributed by atoms with E-state index in [1.165, 1.54) is 4.68 Å². The zero-order valence-electron chi connectivity index (χ0n) is 13.1. The number of ether oxygens (including phenoxy) is 1. The summed E-state index contributed by atoms with van der Waals surface area (Å²) in [6.07, 6.45) is 3.24. The summed E-state index contributed by atoms with van der Waals surface area (Å²) in [5.74, 6) is 0.587. The Morgan fingerprint density at radius 1 is 1.00 bits per heavy atom. The van der Waals surface area contributed by atoms with E-state index in [2.05, 4.69) is 10.1 Å². The maximum absolute atomic E-state index is 12.8. The smallest absolute Gasteiger partial charge is 0.283 e. The van der Waals surface area contributed by atoms with Gasteiger partial charge in [-0.3, -0.25) is 4.79 Å². The van der Waals surface area contributed by atoms with Gasteiger partial charge in [0, 0.05) is 12.4 Å². The van der Waals surface area contributed by atoms with E-state index in [0.717, 1.165) is 10.6 Å². The Balaban J connectivity index is 1.65. The Morgan fingerprint density at radius 3 is 2.68 bits per heavy atom. The second kappa shape index (κ2) is 6.70. The molecule has 1 aromatic carbocycles. The first-order valence-electron chi connectivity index (χ1n) is 7.63. The van der Waals surface area contributed by atoms with Gasteiger partial charge >= 0.3 is 0 Å². The average Bonchev–Trinajstić information content (AvgIpc) is 3.34. The molecule has 0 bridgehead atoms. The van der Waals surface area contributed by atoms with Crippen LogP contribution in [-0.2, 0) is 0 Å². The summed E-state index contributed by atoms with van der Waals surface area (Å²) in [4.78, 5) is 18.0. The number of carbonyl (C=O) groups excluding carboxylic acids is 1. The molecular weight excluding hydrogens is 334 g/mol. The monoisotopic (exact) mass is 347 g/mol. The van der Waals surface area contributed by atoms with Gasteiger partial charge in [0.1, 0.15) is 17.0 Å². The van der Waals surface area contributed by atoms with Crippen molar-refractivity contribution in [1.82, 2.24) is 14.8 Å². The highest BCUT2D eigenvalue weighted by atomic mass is 32.1. The van der Waals surface area contributed by atoms with E-state index < -0.39 is 0 Å². The standard InChI is InChI=1S/C19H13N3O2S/c23-19(22-12-10-16(21-22)17-9-5-13-25-17)15-8-4-11-20-18(15)24-14-6-2-1-3-7-14/h1-13H. The van der Waals surface area contributed by atoms with Crippen LogP contribution < -0.4 is 4.74 Å². The number of para-hydroxylation sites is 1. The molecule has 0 saturated heterocycles. The molecule has 4 aromatic rings. The predicted molar refractivity (Wildman–Crippen MR) is 96.0 cm³/mol. The maximum Gasteiger partial charge on any atom is 0.283 e. The molecule has 3 aromatic heterocycles. The van der Waals surface area contributed by atoms with Crippen molar-refractivity contribution in [3.8, 4) is 22.2 Å². The summed E-state index contributed by atoms with van der Waals surface area (Å²) < 4.78 is 7.07. The molecule has 4 rings (SSSR count). The van der Waals surface area contributed by atoms with Crippen molar-refractivity contribution in [2.45, 2.75) is 0 Å². The minimum atomic E-state index is -0.290. The first kappa shape index (κ1) is 15.3. The maximum atomic E-state index is 12.8. The van der Waals surface area contributed by atoms with Crippen LogP contribution in [0.5, 0.6) is 11.6 Å². The van der Waals surface area contributed by atoms with E-state index in [9.17, 15) is 4.79 Å². The van der Waals surface area contributed by atoms with Crippen molar-refractivity contribution < 1.29 is 9.53 Å². The van der Waals surface area contributed by atoms with E-state index in [4.69, 9.17) is 4.74 Å². The molecule has 0 radical (unpaired) electrons.